The standard InChI is InChI=1S/C17H22N2O3/c1-3-10-17(11-4-2)15(21)19(16(22)18-17)12-14(20)13-8-6-5-7-9-13/h5-9H,3-4,10-12H2,1-2H3,(H,18,22). The number of amides is 3. The van der Waals surface area contributed by atoms with E-state index >= 15 is 0 Å². The van der Waals surface area contributed by atoms with Gasteiger partial charge < -0.3 is 5.32 Å². The SMILES string of the molecule is CCCC1(CCC)NC(=O)N(CC(=O)c2ccccc2)C1=O. The van der Waals surface area contributed by atoms with Crippen LogP contribution in [0.3, 0.4) is 0 Å². The van der Waals surface area contributed by atoms with E-state index in [1.165, 1.54) is 0 Å². The van der Waals surface area contributed by atoms with Gasteiger partial charge in [-0.15, -0.1) is 0 Å². The molecule has 0 unspecified atom stereocenters. The Morgan fingerprint density at radius 2 is 1.68 bits per heavy atom. The molecular weight excluding hydrogens is 280 g/mol. The number of nitrogens with zero attached hydrogens (tertiary/aromatic N) is 1. The van der Waals surface area contributed by atoms with E-state index in [1.807, 2.05) is 19.9 Å². The predicted octanol–water partition coefficient (Wildman–Crippen LogP) is 2.76. The molecular formula is C17H22N2O3. The molecule has 0 radical (unpaired) electrons. The van der Waals surface area contributed by atoms with Crippen LogP contribution in [0.25, 0.3) is 0 Å². The molecule has 0 saturated carbocycles. The highest BCUT2D eigenvalue weighted by atomic mass is 16.2. The van der Waals surface area contributed by atoms with Gasteiger partial charge in [-0.2, -0.15) is 0 Å². The molecule has 22 heavy (non-hydrogen) atoms. The fraction of sp³-hybridized carbons (Fsp3) is 0.471. The molecule has 0 aromatic heterocycles. The third-order valence-corrected chi connectivity index (χ3v) is 4.00. The largest absolute Gasteiger partial charge is 0.325 e. The average molecular weight is 302 g/mol. The molecule has 2 rings (SSSR count). The average Bonchev–Trinajstić information content (AvgIpc) is 2.73. The van der Waals surface area contributed by atoms with Gasteiger partial charge in [0.05, 0.1) is 6.54 Å². The lowest BCUT2D eigenvalue weighted by molar-refractivity contribution is -0.131. The van der Waals surface area contributed by atoms with Crippen LogP contribution in [0.1, 0.15) is 49.9 Å². The summed E-state index contributed by atoms with van der Waals surface area (Å²) in [5.41, 5.74) is -0.330. The second kappa shape index (κ2) is 6.73. The summed E-state index contributed by atoms with van der Waals surface area (Å²) in [4.78, 5) is 38.1. The first-order chi connectivity index (χ1) is 10.5. The molecule has 5 heteroatoms. The van der Waals surface area contributed by atoms with Crippen LogP contribution in [-0.4, -0.2) is 34.7 Å². The second-order valence-electron chi connectivity index (χ2n) is 5.69. The van der Waals surface area contributed by atoms with Gasteiger partial charge in [-0.1, -0.05) is 57.0 Å². The first-order valence-corrected chi connectivity index (χ1v) is 7.76. The molecule has 0 atom stereocenters. The van der Waals surface area contributed by atoms with E-state index in [0.717, 1.165) is 17.7 Å². The van der Waals surface area contributed by atoms with Crippen molar-refractivity contribution in [2.75, 3.05) is 6.54 Å². The van der Waals surface area contributed by atoms with Crippen molar-refractivity contribution in [3.8, 4) is 0 Å². The van der Waals surface area contributed by atoms with Gasteiger partial charge in [0.1, 0.15) is 5.54 Å². The molecule has 1 aliphatic rings. The number of carbonyl (C=O) groups excluding carboxylic acids is 3. The summed E-state index contributed by atoms with van der Waals surface area (Å²) in [6.07, 6.45) is 2.79. The highest BCUT2D eigenvalue weighted by Crippen LogP contribution is 2.28. The van der Waals surface area contributed by atoms with E-state index in [2.05, 4.69) is 5.32 Å². The van der Waals surface area contributed by atoms with Crippen LogP contribution in [0.5, 0.6) is 0 Å². The molecule has 1 aliphatic heterocycles. The number of rotatable bonds is 7. The molecule has 1 heterocycles. The summed E-state index contributed by atoms with van der Waals surface area (Å²) in [6.45, 7) is 3.76. The van der Waals surface area contributed by atoms with Gasteiger partial charge >= 0.3 is 6.03 Å². The van der Waals surface area contributed by atoms with Crippen LogP contribution >= 0.6 is 0 Å². The van der Waals surface area contributed by atoms with Gasteiger partial charge in [-0.05, 0) is 12.8 Å². The highest BCUT2D eigenvalue weighted by molar-refractivity contribution is 6.11. The zero-order chi connectivity index (χ0) is 16.2. The number of urea groups is 1. The van der Waals surface area contributed by atoms with Crippen molar-refractivity contribution in [1.29, 1.82) is 0 Å². The number of carbonyl (C=O) groups is 3. The molecule has 0 bridgehead atoms. The molecule has 1 aromatic rings. The van der Waals surface area contributed by atoms with Gasteiger partial charge in [-0.25, -0.2) is 4.79 Å². The molecule has 1 saturated heterocycles. The number of hydrogen-bond donors (Lipinski definition) is 1. The Labute approximate surface area is 130 Å². The Hall–Kier alpha value is -2.17. The van der Waals surface area contributed by atoms with Crippen molar-refractivity contribution in [2.45, 2.75) is 45.1 Å². The summed E-state index contributed by atoms with van der Waals surface area (Å²) in [6, 6.07) is 8.25. The van der Waals surface area contributed by atoms with Gasteiger partial charge in [0.15, 0.2) is 5.78 Å². The number of Topliss-reactive ketones (excluding diaryl/α,β-unsaturated/α-hetero) is 1. The second-order valence-corrected chi connectivity index (χ2v) is 5.69. The highest BCUT2D eigenvalue weighted by Gasteiger charge is 2.50. The van der Waals surface area contributed by atoms with E-state index in [1.54, 1.807) is 24.3 Å². The lowest BCUT2D eigenvalue weighted by atomic mass is 9.88. The summed E-state index contributed by atoms with van der Waals surface area (Å²) in [7, 11) is 0. The molecule has 3 amide bonds. The van der Waals surface area contributed by atoms with E-state index < -0.39 is 11.6 Å². The van der Waals surface area contributed by atoms with Gasteiger partial charge in [0.2, 0.25) is 0 Å². The molecule has 1 fully saturated rings. The van der Waals surface area contributed by atoms with Crippen LogP contribution in [0.4, 0.5) is 4.79 Å². The van der Waals surface area contributed by atoms with Gasteiger partial charge in [0, 0.05) is 5.56 Å². The number of benzene rings is 1. The van der Waals surface area contributed by atoms with Gasteiger partial charge in [-0.3, -0.25) is 14.5 Å². The molecule has 118 valence electrons. The van der Waals surface area contributed by atoms with Crippen LogP contribution in [0, 0.1) is 0 Å². The summed E-state index contributed by atoms with van der Waals surface area (Å²) < 4.78 is 0. The first kappa shape index (κ1) is 16.2. The van der Waals surface area contributed by atoms with Crippen molar-refractivity contribution in [3.63, 3.8) is 0 Å². The predicted molar refractivity (Wildman–Crippen MR) is 83.6 cm³/mol. The molecule has 1 aromatic carbocycles. The monoisotopic (exact) mass is 302 g/mol. The van der Waals surface area contributed by atoms with Crippen molar-refractivity contribution < 1.29 is 14.4 Å². The third kappa shape index (κ3) is 3.03. The zero-order valence-electron chi connectivity index (χ0n) is 13.1. The minimum atomic E-state index is -0.836. The maximum Gasteiger partial charge on any atom is 0.325 e. The number of hydrogen-bond acceptors (Lipinski definition) is 3. The van der Waals surface area contributed by atoms with Crippen molar-refractivity contribution >= 4 is 17.7 Å². The van der Waals surface area contributed by atoms with Crippen LogP contribution < -0.4 is 5.32 Å². The third-order valence-electron chi connectivity index (χ3n) is 4.00. The van der Waals surface area contributed by atoms with Crippen LogP contribution in [0.15, 0.2) is 30.3 Å². The Balaban J connectivity index is 2.16. The van der Waals surface area contributed by atoms with E-state index in [-0.39, 0.29) is 18.2 Å². The number of imide groups is 1. The Kier molecular flexibility index (Phi) is 4.96. The minimum Gasteiger partial charge on any atom is -0.323 e. The Bertz CT molecular complexity index is 563. The Morgan fingerprint density at radius 3 is 2.23 bits per heavy atom. The summed E-state index contributed by atoms with van der Waals surface area (Å²) in [5.74, 6) is -0.502. The van der Waals surface area contributed by atoms with Crippen molar-refractivity contribution in [1.82, 2.24) is 10.2 Å². The molecule has 1 N–H and O–H groups in total. The van der Waals surface area contributed by atoms with E-state index in [0.29, 0.717) is 18.4 Å². The first-order valence-electron chi connectivity index (χ1n) is 7.76. The fourth-order valence-corrected chi connectivity index (χ4v) is 3.00. The van der Waals surface area contributed by atoms with Crippen molar-refractivity contribution in [3.05, 3.63) is 35.9 Å². The normalized spacial score (nSPS) is 16.7. The fourth-order valence-electron chi connectivity index (χ4n) is 3.00. The quantitative estimate of drug-likeness (QED) is 0.622. The maximum absolute atomic E-state index is 12.7. The lowest BCUT2D eigenvalue weighted by Crippen LogP contribution is -2.47. The lowest BCUT2D eigenvalue weighted by Gasteiger charge is -2.25. The smallest absolute Gasteiger partial charge is 0.323 e. The zero-order valence-corrected chi connectivity index (χ0v) is 13.1. The van der Waals surface area contributed by atoms with E-state index in [4.69, 9.17) is 0 Å². The van der Waals surface area contributed by atoms with Crippen LogP contribution in [0.2, 0.25) is 0 Å². The molecule has 0 spiro atoms. The summed E-state index contributed by atoms with van der Waals surface area (Å²) >= 11 is 0. The van der Waals surface area contributed by atoms with Gasteiger partial charge in [0.25, 0.3) is 5.91 Å². The topological polar surface area (TPSA) is 66.5 Å². The maximum atomic E-state index is 12.7. The molecule has 0 aliphatic carbocycles. The van der Waals surface area contributed by atoms with E-state index in [9.17, 15) is 14.4 Å². The molecule has 5 nitrogen and oxygen atoms in total. The number of ketones is 1. The van der Waals surface area contributed by atoms with Crippen molar-refractivity contribution in [2.24, 2.45) is 0 Å². The summed E-state index contributed by atoms with van der Waals surface area (Å²) in [5, 5.41) is 2.81. The number of nitrogens with one attached hydrogen (secondary N) is 1. The minimum absolute atomic E-state index is 0.205. The van der Waals surface area contributed by atoms with Crippen LogP contribution in [-0.2, 0) is 4.79 Å². The Morgan fingerprint density at radius 1 is 1.09 bits per heavy atom.